The summed E-state index contributed by atoms with van der Waals surface area (Å²) >= 11 is 0. The van der Waals surface area contributed by atoms with Gasteiger partial charge < -0.3 is 15.4 Å². The number of benzene rings is 1. The lowest BCUT2D eigenvalue weighted by atomic mass is 10.1. The molecule has 130 valence electrons. The van der Waals surface area contributed by atoms with Gasteiger partial charge in [-0.25, -0.2) is 0 Å². The Labute approximate surface area is 142 Å². The first-order valence-electron chi connectivity index (χ1n) is 8.39. The molecule has 1 fully saturated rings. The van der Waals surface area contributed by atoms with Crippen molar-refractivity contribution < 1.29 is 19.1 Å². The Morgan fingerprint density at radius 3 is 2.46 bits per heavy atom. The van der Waals surface area contributed by atoms with E-state index in [1.54, 1.807) is 0 Å². The van der Waals surface area contributed by atoms with E-state index in [0.717, 1.165) is 31.2 Å². The van der Waals surface area contributed by atoms with Crippen LogP contribution < -0.4 is 10.6 Å². The Morgan fingerprint density at radius 1 is 1.04 bits per heavy atom. The Hall–Kier alpha value is -2.37. The van der Waals surface area contributed by atoms with Gasteiger partial charge in [-0.3, -0.25) is 14.4 Å². The first-order chi connectivity index (χ1) is 11.6. The first kappa shape index (κ1) is 18.0. The van der Waals surface area contributed by atoms with E-state index >= 15 is 0 Å². The smallest absolute Gasteiger partial charge is 0.308 e. The molecule has 1 aromatic carbocycles. The van der Waals surface area contributed by atoms with Crippen molar-refractivity contribution in [2.75, 3.05) is 13.2 Å². The molecule has 1 aliphatic rings. The lowest BCUT2D eigenvalue weighted by Crippen LogP contribution is -2.36. The lowest BCUT2D eigenvalue weighted by molar-refractivity contribution is -0.148. The number of nitrogens with one attached hydrogen (secondary N) is 2. The van der Waals surface area contributed by atoms with Crippen molar-refractivity contribution in [2.24, 2.45) is 0 Å². The summed E-state index contributed by atoms with van der Waals surface area (Å²) in [6, 6.07) is 9.59. The molecule has 1 saturated carbocycles. The van der Waals surface area contributed by atoms with Gasteiger partial charge in [0.05, 0.1) is 12.8 Å². The minimum atomic E-state index is -0.489. The maximum Gasteiger partial charge on any atom is 0.308 e. The third-order valence-corrected chi connectivity index (χ3v) is 3.94. The highest BCUT2D eigenvalue weighted by molar-refractivity contribution is 5.81. The predicted molar refractivity (Wildman–Crippen MR) is 89.1 cm³/mol. The molecule has 6 heteroatoms. The molecule has 0 bridgehead atoms. The van der Waals surface area contributed by atoms with Crippen LogP contribution in [0.15, 0.2) is 30.3 Å². The zero-order chi connectivity index (χ0) is 17.2. The van der Waals surface area contributed by atoms with Gasteiger partial charge in [0.15, 0.2) is 6.61 Å². The summed E-state index contributed by atoms with van der Waals surface area (Å²) in [6.45, 7) is -0.0535. The van der Waals surface area contributed by atoms with Gasteiger partial charge in [-0.05, 0) is 18.4 Å². The van der Waals surface area contributed by atoms with Gasteiger partial charge in [-0.2, -0.15) is 0 Å². The third kappa shape index (κ3) is 6.81. The van der Waals surface area contributed by atoms with Crippen molar-refractivity contribution >= 4 is 17.8 Å². The molecular formula is C18H24N2O4. The molecule has 0 heterocycles. The van der Waals surface area contributed by atoms with E-state index in [2.05, 4.69) is 10.6 Å². The minimum Gasteiger partial charge on any atom is -0.456 e. The van der Waals surface area contributed by atoms with Crippen LogP contribution in [0.4, 0.5) is 0 Å². The summed E-state index contributed by atoms with van der Waals surface area (Å²) in [5.41, 5.74) is 0.918. The van der Waals surface area contributed by atoms with Crippen LogP contribution in [0.3, 0.4) is 0 Å². The first-order valence-corrected chi connectivity index (χ1v) is 8.39. The highest BCUT2D eigenvalue weighted by Gasteiger charge is 2.17. The van der Waals surface area contributed by atoms with Gasteiger partial charge in [-0.1, -0.05) is 43.2 Å². The molecule has 0 saturated heterocycles. The van der Waals surface area contributed by atoms with Crippen molar-refractivity contribution in [1.82, 2.24) is 10.6 Å². The summed E-state index contributed by atoms with van der Waals surface area (Å²) in [6.07, 6.45) is 4.58. The maximum absolute atomic E-state index is 11.7. The van der Waals surface area contributed by atoms with Crippen LogP contribution >= 0.6 is 0 Å². The fourth-order valence-corrected chi connectivity index (χ4v) is 2.71. The average molecular weight is 332 g/mol. The number of hydrogen-bond donors (Lipinski definition) is 2. The second-order valence-corrected chi connectivity index (χ2v) is 5.97. The summed E-state index contributed by atoms with van der Waals surface area (Å²) in [4.78, 5) is 34.9. The van der Waals surface area contributed by atoms with E-state index in [9.17, 15) is 14.4 Å². The lowest BCUT2D eigenvalue weighted by Gasteiger charge is -2.12. The summed E-state index contributed by atoms with van der Waals surface area (Å²) in [7, 11) is 0. The second kappa shape index (κ2) is 9.70. The number of ether oxygens (including phenoxy) is 1. The van der Waals surface area contributed by atoms with Crippen molar-refractivity contribution in [1.29, 1.82) is 0 Å². The number of rotatable bonds is 8. The standard InChI is InChI=1S/C18H24N2O4/c21-16(12-14-6-2-1-3-7-14)19-11-10-18(23)24-13-17(22)20-15-8-4-5-9-15/h1-3,6-7,15H,4-5,8-13H2,(H,19,21)(H,20,22). The average Bonchev–Trinajstić information content (AvgIpc) is 3.07. The van der Waals surface area contributed by atoms with Gasteiger partial charge in [0.1, 0.15) is 0 Å². The van der Waals surface area contributed by atoms with Crippen molar-refractivity contribution in [2.45, 2.75) is 44.6 Å². The number of amides is 2. The van der Waals surface area contributed by atoms with Gasteiger partial charge >= 0.3 is 5.97 Å². The quantitative estimate of drug-likeness (QED) is 0.704. The van der Waals surface area contributed by atoms with Crippen LogP contribution in [-0.2, 0) is 25.5 Å². The molecule has 0 aromatic heterocycles. The molecule has 2 rings (SSSR count). The topological polar surface area (TPSA) is 84.5 Å². The summed E-state index contributed by atoms with van der Waals surface area (Å²) in [5, 5.41) is 5.52. The molecule has 24 heavy (non-hydrogen) atoms. The minimum absolute atomic E-state index is 0.0528. The molecule has 0 aliphatic heterocycles. The van der Waals surface area contributed by atoms with Gasteiger partial charge in [0.2, 0.25) is 5.91 Å². The molecule has 0 atom stereocenters. The molecule has 1 aromatic rings. The van der Waals surface area contributed by atoms with Crippen molar-refractivity contribution in [3.05, 3.63) is 35.9 Å². The van der Waals surface area contributed by atoms with Crippen molar-refractivity contribution in [3.63, 3.8) is 0 Å². The van der Waals surface area contributed by atoms with Crippen LogP contribution in [0, 0.1) is 0 Å². The number of carbonyl (C=O) groups is 3. The van der Waals surface area contributed by atoms with Crippen LogP contribution in [0.5, 0.6) is 0 Å². The Kier molecular flexibility index (Phi) is 7.26. The van der Waals surface area contributed by atoms with Crippen LogP contribution in [0.25, 0.3) is 0 Å². The van der Waals surface area contributed by atoms with E-state index in [1.807, 2.05) is 30.3 Å². The molecule has 2 amide bonds. The Bertz CT molecular complexity index is 553. The zero-order valence-corrected chi connectivity index (χ0v) is 13.8. The monoisotopic (exact) mass is 332 g/mol. The molecule has 2 N–H and O–H groups in total. The van der Waals surface area contributed by atoms with Crippen LogP contribution in [0.2, 0.25) is 0 Å². The van der Waals surface area contributed by atoms with Gasteiger partial charge in [0, 0.05) is 12.6 Å². The largest absolute Gasteiger partial charge is 0.456 e. The van der Waals surface area contributed by atoms with Crippen LogP contribution in [-0.4, -0.2) is 37.0 Å². The van der Waals surface area contributed by atoms with Crippen molar-refractivity contribution in [3.8, 4) is 0 Å². The number of esters is 1. The van der Waals surface area contributed by atoms with E-state index in [-0.39, 0.29) is 43.8 Å². The molecule has 1 aliphatic carbocycles. The SMILES string of the molecule is O=C(Cc1ccccc1)NCCC(=O)OCC(=O)NC1CCCC1. The molecule has 0 spiro atoms. The summed E-state index contributed by atoms with van der Waals surface area (Å²) < 4.78 is 4.91. The number of carbonyl (C=O) groups excluding carboxylic acids is 3. The maximum atomic E-state index is 11.7. The van der Waals surface area contributed by atoms with Gasteiger partial charge in [0.25, 0.3) is 5.91 Å². The third-order valence-electron chi connectivity index (χ3n) is 3.94. The summed E-state index contributed by atoms with van der Waals surface area (Å²) in [5.74, 6) is -0.895. The van der Waals surface area contributed by atoms with E-state index < -0.39 is 5.97 Å². The molecule has 6 nitrogen and oxygen atoms in total. The normalized spacial score (nSPS) is 14.2. The van der Waals surface area contributed by atoms with E-state index in [0.29, 0.717) is 0 Å². The highest BCUT2D eigenvalue weighted by atomic mass is 16.5. The van der Waals surface area contributed by atoms with E-state index in [4.69, 9.17) is 4.74 Å². The number of hydrogen-bond acceptors (Lipinski definition) is 4. The highest BCUT2D eigenvalue weighted by Crippen LogP contribution is 2.17. The molecule has 0 unspecified atom stereocenters. The second-order valence-electron chi connectivity index (χ2n) is 5.97. The zero-order valence-electron chi connectivity index (χ0n) is 13.8. The predicted octanol–water partition coefficient (Wildman–Crippen LogP) is 1.34. The Morgan fingerprint density at radius 2 is 1.75 bits per heavy atom. The fraction of sp³-hybridized carbons (Fsp3) is 0.500. The molecule has 0 radical (unpaired) electrons. The van der Waals surface area contributed by atoms with E-state index in [1.165, 1.54) is 0 Å². The Balaban J connectivity index is 1.54. The van der Waals surface area contributed by atoms with Crippen LogP contribution in [0.1, 0.15) is 37.7 Å². The van der Waals surface area contributed by atoms with Gasteiger partial charge in [-0.15, -0.1) is 0 Å². The molecular weight excluding hydrogens is 308 g/mol. The fourth-order valence-electron chi connectivity index (χ4n) is 2.71.